The number of ether oxygens (including phenoxy) is 1. The molecule has 1 N–H and O–H groups in total. The molecule has 0 aliphatic carbocycles. The van der Waals surface area contributed by atoms with Gasteiger partial charge in [-0.15, -0.1) is 0 Å². The van der Waals surface area contributed by atoms with Gasteiger partial charge < -0.3 is 10.1 Å². The molecule has 2 heteroatoms. The normalized spacial score (nSPS) is 28.7. The summed E-state index contributed by atoms with van der Waals surface area (Å²) in [5, 5.41) is 3.58. The molecular formula is C12H25NO. The molecule has 0 saturated carbocycles. The maximum atomic E-state index is 5.74. The van der Waals surface area contributed by atoms with E-state index in [4.69, 9.17) is 4.74 Å². The van der Waals surface area contributed by atoms with Gasteiger partial charge in [-0.2, -0.15) is 0 Å². The number of rotatable bonds is 4. The highest BCUT2D eigenvalue weighted by Gasteiger charge is 2.32. The predicted octanol–water partition coefficient (Wildman–Crippen LogP) is 2.58. The number of nitrogens with one attached hydrogen (secondary N) is 1. The van der Waals surface area contributed by atoms with E-state index >= 15 is 0 Å². The maximum Gasteiger partial charge on any atom is 0.0629 e. The number of hydrogen-bond acceptors (Lipinski definition) is 2. The molecule has 1 aliphatic rings. The third-order valence-corrected chi connectivity index (χ3v) is 3.21. The summed E-state index contributed by atoms with van der Waals surface area (Å²) >= 11 is 0. The first-order chi connectivity index (χ1) is 6.59. The van der Waals surface area contributed by atoms with Gasteiger partial charge in [0.1, 0.15) is 0 Å². The maximum absolute atomic E-state index is 5.74. The minimum Gasteiger partial charge on any atom is -0.376 e. The van der Waals surface area contributed by atoms with Crippen molar-refractivity contribution in [3.8, 4) is 0 Å². The second-order valence-corrected chi connectivity index (χ2v) is 4.93. The van der Waals surface area contributed by atoms with E-state index in [2.05, 4.69) is 33.0 Å². The second kappa shape index (κ2) is 5.13. The van der Waals surface area contributed by atoms with E-state index in [0.29, 0.717) is 6.04 Å². The van der Waals surface area contributed by atoms with Crippen LogP contribution >= 0.6 is 0 Å². The van der Waals surface area contributed by atoms with Gasteiger partial charge in [-0.1, -0.05) is 13.8 Å². The van der Waals surface area contributed by atoms with Crippen LogP contribution < -0.4 is 5.32 Å². The van der Waals surface area contributed by atoms with Crippen LogP contribution in [0.1, 0.15) is 47.0 Å². The molecule has 0 aromatic carbocycles. The lowest BCUT2D eigenvalue weighted by atomic mass is 9.82. The van der Waals surface area contributed by atoms with Crippen LogP contribution in [0, 0.1) is 5.92 Å². The summed E-state index contributed by atoms with van der Waals surface area (Å²) in [7, 11) is 0. The van der Waals surface area contributed by atoms with Gasteiger partial charge >= 0.3 is 0 Å². The van der Waals surface area contributed by atoms with Crippen LogP contribution in [0.4, 0.5) is 0 Å². The minimum absolute atomic E-state index is 0.0890. The van der Waals surface area contributed by atoms with E-state index in [1.54, 1.807) is 0 Å². The van der Waals surface area contributed by atoms with Crippen molar-refractivity contribution in [3.05, 3.63) is 0 Å². The molecule has 0 radical (unpaired) electrons. The quantitative estimate of drug-likeness (QED) is 0.751. The summed E-state index contributed by atoms with van der Waals surface area (Å²) in [6.45, 7) is 10.9. The van der Waals surface area contributed by atoms with Crippen molar-refractivity contribution in [2.45, 2.75) is 58.6 Å². The predicted molar refractivity (Wildman–Crippen MR) is 60.5 cm³/mol. The van der Waals surface area contributed by atoms with Crippen LogP contribution in [0.2, 0.25) is 0 Å². The van der Waals surface area contributed by atoms with Crippen LogP contribution in [0.25, 0.3) is 0 Å². The largest absolute Gasteiger partial charge is 0.376 e. The van der Waals surface area contributed by atoms with Crippen LogP contribution in [0.3, 0.4) is 0 Å². The molecule has 2 nitrogen and oxygen atoms in total. The zero-order valence-corrected chi connectivity index (χ0v) is 10.1. The Morgan fingerprint density at radius 2 is 2.14 bits per heavy atom. The molecule has 1 rings (SSSR count). The standard InChI is InChI=1S/C12H25NO/c1-5-11(13-6-2)10-7-8-14-12(3,4)9-10/h10-11,13H,5-9H2,1-4H3. The molecule has 14 heavy (non-hydrogen) atoms. The highest BCUT2D eigenvalue weighted by molar-refractivity contribution is 4.85. The smallest absolute Gasteiger partial charge is 0.0629 e. The van der Waals surface area contributed by atoms with Gasteiger partial charge in [-0.05, 0) is 45.6 Å². The molecule has 2 unspecified atom stereocenters. The highest BCUT2D eigenvalue weighted by Crippen LogP contribution is 2.31. The fraction of sp³-hybridized carbons (Fsp3) is 1.00. The second-order valence-electron chi connectivity index (χ2n) is 4.93. The van der Waals surface area contributed by atoms with E-state index in [1.807, 2.05) is 0 Å². The topological polar surface area (TPSA) is 21.3 Å². The Morgan fingerprint density at radius 1 is 1.43 bits per heavy atom. The van der Waals surface area contributed by atoms with Crippen molar-refractivity contribution in [3.63, 3.8) is 0 Å². The molecule has 0 aromatic rings. The molecule has 1 aliphatic heterocycles. The Hall–Kier alpha value is -0.0800. The lowest BCUT2D eigenvalue weighted by Crippen LogP contribution is -2.44. The van der Waals surface area contributed by atoms with E-state index < -0.39 is 0 Å². The van der Waals surface area contributed by atoms with E-state index in [0.717, 1.165) is 19.1 Å². The lowest BCUT2D eigenvalue weighted by molar-refractivity contribution is -0.0784. The first-order valence-corrected chi connectivity index (χ1v) is 5.96. The minimum atomic E-state index is 0.0890. The molecule has 1 saturated heterocycles. The van der Waals surface area contributed by atoms with E-state index in [1.165, 1.54) is 19.3 Å². The van der Waals surface area contributed by atoms with Gasteiger partial charge in [0, 0.05) is 12.6 Å². The average Bonchev–Trinajstić information content (AvgIpc) is 2.12. The van der Waals surface area contributed by atoms with Gasteiger partial charge in [0.25, 0.3) is 0 Å². The fourth-order valence-corrected chi connectivity index (χ4v) is 2.53. The van der Waals surface area contributed by atoms with Crippen LogP contribution in [0.15, 0.2) is 0 Å². The zero-order chi connectivity index (χ0) is 10.6. The molecule has 0 aromatic heterocycles. The van der Waals surface area contributed by atoms with E-state index in [-0.39, 0.29) is 5.60 Å². The Labute approximate surface area is 88.4 Å². The van der Waals surface area contributed by atoms with Crippen LogP contribution in [-0.2, 0) is 4.74 Å². The van der Waals surface area contributed by atoms with Crippen molar-refractivity contribution >= 4 is 0 Å². The SMILES string of the molecule is CCNC(CC)C1CCOC(C)(C)C1. The first-order valence-electron chi connectivity index (χ1n) is 5.96. The zero-order valence-electron chi connectivity index (χ0n) is 10.1. The third kappa shape index (κ3) is 3.25. The molecule has 2 atom stereocenters. The van der Waals surface area contributed by atoms with Crippen LogP contribution in [0.5, 0.6) is 0 Å². The van der Waals surface area contributed by atoms with Gasteiger partial charge in [0.2, 0.25) is 0 Å². The summed E-state index contributed by atoms with van der Waals surface area (Å²) in [5.74, 6) is 0.795. The van der Waals surface area contributed by atoms with Gasteiger partial charge in [0.05, 0.1) is 5.60 Å². The van der Waals surface area contributed by atoms with Gasteiger partial charge in [-0.3, -0.25) is 0 Å². The van der Waals surface area contributed by atoms with E-state index in [9.17, 15) is 0 Å². The third-order valence-electron chi connectivity index (χ3n) is 3.21. The summed E-state index contributed by atoms with van der Waals surface area (Å²) in [4.78, 5) is 0. The lowest BCUT2D eigenvalue weighted by Gasteiger charge is -2.39. The molecule has 84 valence electrons. The molecule has 0 bridgehead atoms. The molecule has 0 amide bonds. The first kappa shape index (κ1) is 12.0. The van der Waals surface area contributed by atoms with Gasteiger partial charge in [-0.25, -0.2) is 0 Å². The van der Waals surface area contributed by atoms with Crippen molar-refractivity contribution in [2.24, 2.45) is 5.92 Å². The summed E-state index contributed by atoms with van der Waals surface area (Å²) < 4.78 is 5.74. The van der Waals surface area contributed by atoms with Crippen molar-refractivity contribution in [1.29, 1.82) is 0 Å². The van der Waals surface area contributed by atoms with Crippen molar-refractivity contribution in [2.75, 3.05) is 13.2 Å². The Kier molecular flexibility index (Phi) is 4.39. The Balaban J connectivity index is 2.49. The average molecular weight is 199 g/mol. The highest BCUT2D eigenvalue weighted by atomic mass is 16.5. The number of hydrogen-bond donors (Lipinski definition) is 1. The molecule has 1 fully saturated rings. The van der Waals surface area contributed by atoms with Crippen molar-refractivity contribution in [1.82, 2.24) is 5.32 Å². The monoisotopic (exact) mass is 199 g/mol. The molecular weight excluding hydrogens is 174 g/mol. The Bertz CT molecular complexity index is 168. The Morgan fingerprint density at radius 3 is 2.64 bits per heavy atom. The van der Waals surface area contributed by atoms with Gasteiger partial charge in [0.15, 0.2) is 0 Å². The van der Waals surface area contributed by atoms with Crippen LogP contribution in [-0.4, -0.2) is 24.8 Å². The summed E-state index contributed by atoms with van der Waals surface area (Å²) in [6.07, 6.45) is 3.64. The molecule has 1 heterocycles. The molecule has 0 spiro atoms. The summed E-state index contributed by atoms with van der Waals surface area (Å²) in [6, 6.07) is 0.683. The summed E-state index contributed by atoms with van der Waals surface area (Å²) in [5.41, 5.74) is 0.0890. The fourth-order valence-electron chi connectivity index (χ4n) is 2.53. The van der Waals surface area contributed by atoms with Crippen molar-refractivity contribution < 1.29 is 4.74 Å².